The summed E-state index contributed by atoms with van der Waals surface area (Å²) in [6, 6.07) is 9.58. The Balaban J connectivity index is 1.91. The molecule has 1 N–H and O–H groups in total. The van der Waals surface area contributed by atoms with Crippen molar-refractivity contribution < 1.29 is 14.1 Å². The number of fused-ring (bicyclic) bond motifs is 1. The first-order valence-corrected chi connectivity index (χ1v) is 7.43. The van der Waals surface area contributed by atoms with E-state index in [1.165, 1.54) is 24.3 Å². The van der Waals surface area contributed by atoms with Gasteiger partial charge in [0.1, 0.15) is 5.58 Å². The molecule has 1 aromatic heterocycles. The number of nitrogens with zero attached hydrogens (tertiary/aromatic N) is 1. The van der Waals surface area contributed by atoms with Gasteiger partial charge in [-0.3, -0.25) is 14.9 Å². The second-order valence-electron chi connectivity index (χ2n) is 5.75. The minimum atomic E-state index is -0.486. The predicted molar refractivity (Wildman–Crippen MR) is 91.5 cm³/mol. The lowest BCUT2D eigenvalue weighted by molar-refractivity contribution is -0.384. The third kappa shape index (κ3) is 2.74. The van der Waals surface area contributed by atoms with Gasteiger partial charge in [0.2, 0.25) is 0 Å². The summed E-state index contributed by atoms with van der Waals surface area (Å²) >= 11 is 0. The number of furan rings is 1. The molecule has 2 aromatic carbocycles. The smallest absolute Gasteiger partial charge is 0.291 e. The molecule has 24 heavy (non-hydrogen) atoms. The average molecular weight is 324 g/mol. The van der Waals surface area contributed by atoms with Crippen LogP contribution in [-0.2, 0) is 0 Å². The molecule has 3 aromatic rings. The van der Waals surface area contributed by atoms with Gasteiger partial charge in [0.05, 0.1) is 4.92 Å². The van der Waals surface area contributed by atoms with Crippen LogP contribution in [0.5, 0.6) is 0 Å². The van der Waals surface area contributed by atoms with Crippen LogP contribution in [0.15, 0.2) is 40.8 Å². The molecular weight excluding hydrogens is 308 g/mol. The maximum atomic E-state index is 12.5. The highest BCUT2D eigenvalue weighted by atomic mass is 16.6. The van der Waals surface area contributed by atoms with Crippen molar-refractivity contribution in [3.8, 4) is 0 Å². The van der Waals surface area contributed by atoms with Crippen molar-refractivity contribution in [2.24, 2.45) is 0 Å². The van der Waals surface area contributed by atoms with Crippen LogP contribution < -0.4 is 5.32 Å². The van der Waals surface area contributed by atoms with Crippen molar-refractivity contribution in [2.45, 2.75) is 20.8 Å². The number of nitrogens with one attached hydrogen (secondary N) is 1. The first-order valence-electron chi connectivity index (χ1n) is 7.43. The molecular formula is C18H16N2O4. The lowest BCUT2D eigenvalue weighted by Gasteiger charge is -2.03. The number of benzene rings is 2. The van der Waals surface area contributed by atoms with Gasteiger partial charge >= 0.3 is 0 Å². The topological polar surface area (TPSA) is 85.4 Å². The van der Waals surface area contributed by atoms with E-state index in [0.29, 0.717) is 11.3 Å². The fraction of sp³-hybridized carbons (Fsp3) is 0.167. The zero-order valence-electron chi connectivity index (χ0n) is 13.5. The third-order valence-corrected chi connectivity index (χ3v) is 4.09. The highest BCUT2D eigenvalue weighted by Crippen LogP contribution is 2.28. The summed E-state index contributed by atoms with van der Waals surface area (Å²) in [5.74, 6) is -0.138. The number of non-ortho nitro benzene ring substituents is 1. The molecule has 0 aliphatic heterocycles. The van der Waals surface area contributed by atoms with Crippen molar-refractivity contribution in [3.05, 3.63) is 69.0 Å². The third-order valence-electron chi connectivity index (χ3n) is 4.09. The molecule has 1 heterocycles. The lowest BCUT2D eigenvalue weighted by Crippen LogP contribution is -2.12. The largest absolute Gasteiger partial charge is 0.451 e. The van der Waals surface area contributed by atoms with Gasteiger partial charge in [0, 0.05) is 28.8 Å². The number of hydrogen-bond acceptors (Lipinski definition) is 4. The number of aryl methyl sites for hydroxylation is 3. The van der Waals surface area contributed by atoms with Gasteiger partial charge in [0.25, 0.3) is 11.6 Å². The van der Waals surface area contributed by atoms with Crippen molar-refractivity contribution in [1.82, 2.24) is 0 Å². The van der Waals surface area contributed by atoms with Gasteiger partial charge in [0.15, 0.2) is 5.76 Å². The molecule has 0 atom stereocenters. The minimum Gasteiger partial charge on any atom is -0.451 e. The summed E-state index contributed by atoms with van der Waals surface area (Å²) in [6.07, 6.45) is 0. The first-order chi connectivity index (χ1) is 11.4. The molecule has 122 valence electrons. The Morgan fingerprint density at radius 2 is 1.71 bits per heavy atom. The van der Waals surface area contributed by atoms with E-state index in [4.69, 9.17) is 4.42 Å². The number of rotatable bonds is 3. The van der Waals surface area contributed by atoms with E-state index in [9.17, 15) is 14.9 Å². The Morgan fingerprint density at radius 1 is 1.08 bits per heavy atom. The molecule has 0 spiro atoms. The number of nitro benzene ring substituents is 1. The van der Waals surface area contributed by atoms with E-state index in [-0.39, 0.29) is 17.4 Å². The predicted octanol–water partition coefficient (Wildman–Crippen LogP) is 4.52. The van der Waals surface area contributed by atoms with Gasteiger partial charge in [-0.2, -0.15) is 0 Å². The molecule has 0 aliphatic rings. The summed E-state index contributed by atoms with van der Waals surface area (Å²) < 4.78 is 5.71. The molecule has 0 saturated carbocycles. The van der Waals surface area contributed by atoms with E-state index in [2.05, 4.69) is 5.32 Å². The fourth-order valence-corrected chi connectivity index (χ4v) is 2.55. The molecule has 6 heteroatoms. The van der Waals surface area contributed by atoms with Crippen LogP contribution in [0.3, 0.4) is 0 Å². The van der Waals surface area contributed by atoms with E-state index >= 15 is 0 Å². The van der Waals surface area contributed by atoms with E-state index < -0.39 is 4.92 Å². The normalized spacial score (nSPS) is 10.8. The van der Waals surface area contributed by atoms with Gasteiger partial charge in [-0.15, -0.1) is 0 Å². The Labute approximate surface area is 138 Å². The molecule has 0 radical (unpaired) electrons. The number of carbonyl (C=O) groups excluding carboxylic acids is 1. The van der Waals surface area contributed by atoms with Crippen molar-refractivity contribution >= 4 is 28.3 Å². The van der Waals surface area contributed by atoms with Crippen LogP contribution in [-0.4, -0.2) is 10.8 Å². The second-order valence-corrected chi connectivity index (χ2v) is 5.75. The zero-order valence-corrected chi connectivity index (χ0v) is 13.5. The SMILES string of the molecule is Cc1cc2oc(C(=O)Nc3ccc([N+](=O)[O-])cc3)c(C)c2cc1C. The number of carbonyl (C=O) groups is 1. The van der Waals surface area contributed by atoms with Crippen LogP contribution in [0.2, 0.25) is 0 Å². The van der Waals surface area contributed by atoms with Crippen LogP contribution in [0.1, 0.15) is 27.2 Å². The van der Waals surface area contributed by atoms with E-state index in [0.717, 1.165) is 22.1 Å². The van der Waals surface area contributed by atoms with Crippen LogP contribution in [0.25, 0.3) is 11.0 Å². The van der Waals surface area contributed by atoms with Gasteiger partial charge < -0.3 is 9.73 Å². The zero-order chi connectivity index (χ0) is 17.4. The van der Waals surface area contributed by atoms with Gasteiger partial charge in [-0.1, -0.05) is 0 Å². The Bertz CT molecular complexity index is 955. The number of nitro groups is 1. The van der Waals surface area contributed by atoms with Crippen molar-refractivity contribution in [2.75, 3.05) is 5.32 Å². The lowest BCUT2D eigenvalue weighted by atomic mass is 10.0. The standard InChI is InChI=1S/C18H16N2O4/c1-10-8-15-12(3)17(24-16(15)9-11(10)2)18(21)19-13-4-6-14(7-5-13)20(22)23/h4-9H,1-3H3,(H,19,21). The summed E-state index contributed by atoms with van der Waals surface area (Å²) in [4.78, 5) is 22.6. The van der Waals surface area contributed by atoms with Gasteiger partial charge in [-0.05, 0) is 56.2 Å². The van der Waals surface area contributed by atoms with Crippen LogP contribution in [0, 0.1) is 30.9 Å². The maximum absolute atomic E-state index is 12.5. The molecule has 6 nitrogen and oxygen atoms in total. The number of anilines is 1. The van der Waals surface area contributed by atoms with E-state index in [1.807, 2.05) is 32.9 Å². The molecule has 0 saturated heterocycles. The summed E-state index contributed by atoms with van der Waals surface area (Å²) in [5.41, 5.74) is 4.11. The summed E-state index contributed by atoms with van der Waals surface area (Å²) in [7, 11) is 0. The molecule has 0 fully saturated rings. The highest BCUT2D eigenvalue weighted by molar-refractivity contribution is 6.06. The quantitative estimate of drug-likeness (QED) is 0.567. The minimum absolute atomic E-state index is 0.0288. The Hall–Kier alpha value is -3.15. The molecule has 0 unspecified atom stereocenters. The first kappa shape index (κ1) is 15.7. The molecule has 1 amide bonds. The Kier molecular flexibility index (Phi) is 3.81. The van der Waals surface area contributed by atoms with Crippen molar-refractivity contribution in [3.63, 3.8) is 0 Å². The molecule has 3 rings (SSSR count). The molecule has 0 aliphatic carbocycles. The Morgan fingerprint density at radius 3 is 2.33 bits per heavy atom. The average Bonchev–Trinajstić information content (AvgIpc) is 2.85. The van der Waals surface area contributed by atoms with E-state index in [1.54, 1.807) is 0 Å². The maximum Gasteiger partial charge on any atom is 0.291 e. The van der Waals surface area contributed by atoms with Crippen molar-refractivity contribution in [1.29, 1.82) is 0 Å². The monoisotopic (exact) mass is 324 g/mol. The number of hydrogen-bond donors (Lipinski definition) is 1. The van der Waals surface area contributed by atoms with Gasteiger partial charge in [-0.25, -0.2) is 0 Å². The second kappa shape index (κ2) is 5.81. The highest BCUT2D eigenvalue weighted by Gasteiger charge is 2.18. The summed E-state index contributed by atoms with van der Waals surface area (Å²) in [5, 5.41) is 14.3. The number of amides is 1. The molecule has 0 bridgehead atoms. The van der Waals surface area contributed by atoms with Crippen LogP contribution >= 0.6 is 0 Å². The summed E-state index contributed by atoms with van der Waals surface area (Å²) in [6.45, 7) is 5.84. The fourth-order valence-electron chi connectivity index (χ4n) is 2.55. The van der Waals surface area contributed by atoms with Crippen LogP contribution in [0.4, 0.5) is 11.4 Å².